The highest BCUT2D eigenvalue weighted by atomic mass is 16.1. The van der Waals surface area contributed by atoms with Crippen molar-refractivity contribution in [3.63, 3.8) is 0 Å². The molecule has 0 radical (unpaired) electrons. The number of rotatable bonds is 3. The van der Waals surface area contributed by atoms with Gasteiger partial charge in [0.25, 0.3) is 0 Å². The van der Waals surface area contributed by atoms with Crippen LogP contribution in [-0.4, -0.2) is 22.4 Å². The zero-order valence-corrected chi connectivity index (χ0v) is 12.4. The molecule has 1 amide bonds. The summed E-state index contributed by atoms with van der Waals surface area (Å²) in [6.45, 7) is 2.52. The Balaban J connectivity index is 1.75. The minimum Gasteiger partial charge on any atom is -0.342 e. The van der Waals surface area contributed by atoms with E-state index in [1.807, 2.05) is 25.1 Å². The Kier molecular flexibility index (Phi) is 3.92. The maximum Gasteiger partial charge on any atom is 0.227 e. The van der Waals surface area contributed by atoms with E-state index in [0.29, 0.717) is 12.5 Å². The first-order valence-electron chi connectivity index (χ1n) is 7.64. The summed E-state index contributed by atoms with van der Waals surface area (Å²) >= 11 is 0. The molecule has 1 fully saturated rings. The van der Waals surface area contributed by atoms with Crippen molar-refractivity contribution in [1.82, 2.24) is 9.97 Å². The fraction of sp³-hybridized carbons (Fsp3) is 0.500. The van der Waals surface area contributed by atoms with E-state index in [9.17, 15) is 4.79 Å². The normalized spacial score (nSPS) is 22.4. The molecule has 0 saturated heterocycles. The molecule has 21 heavy (non-hydrogen) atoms. The fourth-order valence-corrected chi connectivity index (χ4v) is 3.28. The molecule has 2 aromatic rings. The maximum atomic E-state index is 12.5. The number of hydrogen-bond donors (Lipinski definition) is 3. The van der Waals surface area contributed by atoms with Crippen LogP contribution >= 0.6 is 0 Å². The molecule has 5 heteroatoms. The van der Waals surface area contributed by atoms with E-state index in [-0.39, 0.29) is 11.8 Å². The smallest absolute Gasteiger partial charge is 0.227 e. The molecule has 1 aliphatic carbocycles. The predicted molar refractivity (Wildman–Crippen MR) is 84.0 cm³/mol. The SMILES string of the molecule is Cc1nc2ccc(NC(=O)C3CCCCC3CN)cc2[nH]1. The van der Waals surface area contributed by atoms with E-state index < -0.39 is 0 Å². The molecule has 112 valence electrons. The number of carbonyl (C=O) groups is 1. The van der Waals surface area contributed by atoms with Crippen molar-refractivity contribution in [2.45, 2.75) is 32.6 Å². The Morgan fingerprint density at radius 2 is 2.24 bits per heavy atom. The molecule has 5 nitrogen and oxygen atoms in total. The second-order valence-electron chi connectivity index (χ2n) is 5.93. The summed E-state index contributed by atoms with van der Waals surface area (Å²) in [5, 5.41) is 3.04. The largest absolute Gasteiger partial charge is 0.342 e. The molecule has 1 aliphatic rings. The Morgan fingerprint density at radius 1 is 1.43 bits per heavy atom. The summed E-state index contributed by atoms with van der Waals surface area (Å²) < 4.78 is 0. The molecule has 2 unspecified atom stereocenters. The standard InChI is InChI=1S/C16H22N4O/c1-10-18-14-7-6-12(8-15(14)19-10)20-16(21)13-5-3-2-4-11(13)9-17/h6-8,11,13H,2-5,9,17H2,1H3,(H,18,19)(H,20,21). The number of fused-ring (bicyclic) bond motifs is 1. The van der Waals surface area contributed by atoms with Crippen LogP contribution in [0.4, 0.5) is 5.69 Å². The van der Waals surface area contributed by atoms with Gasteiger partial charge < -0.3 is 16.0 Å². The van der Waals surface area contributed by atoms with E-state index in [1.165, 1.54) is 6.42 Å². The lowest BCUT2D eigenvalue weighted by atomic mass is 9.78. The summed E-state index contributed by atoms with van der Waals surface area (Å²) in [4.78, 5) is 20.0. The molecule has 1 aromatic heterocycles. The van der Waals surface area contributed by atoms with Crippen LogP contribution in [0, 0.1) is 18.8 Å². The van der Waals surface area contributed by atoms with Gasteiger partial charge in [-0.1, -0.05) is 12.8 Å². The van der Waals surface area contributed by atoms with Crippen molar-refractivity contribution < 1.29 is 4.79 Å². The quantitative estimate of drug-likeness (QED) is 0.811. The van der Waals surface area contributed by atoms with E-state index in [2.05, 4.69) is 15.3 Å². The molecule has 3 rings (SSSR count). The molecule has 1 aromatic carbocycles. The van der Waals surface area contributed by atoms with Gasteiger partial charge in [0, 0.05) is 11.6 Å². The van der Waals surface area contributed by atoms with Gasteiger partial charge in [-0.15, -0.1) is 0 Å². The molecule has 2 atom stereocenters. The lowest BCUT2D eigenvalue weighted by Crippen LogP contribution is -2.35. The Labute approximate surface area is 124 Å². The summed E-state index contributed by atoms with van der Waals surface area (Å²) in [6.07, 6.45) is 4.31. The van der Waals surface area contributed by atoms with E-state index >= 15 is 0 Å². The molecule has 0 aliphatic heterocycles. The van der Waals surface area contributed by atoms with Gasteiger partial charge >= 0.3 is 0 Å². The van der Waals surface area contributed by atoms with Gasteiger partial charge in [-0.2, -0.15) is 0 Å². The zero-order chi connectivity index (χ0) is 14.8. The molecule has 1 saturated carbocycles. The number of hydrogen-bond acceptors (Lipinski definition) is 3. The van der Waals surface area contributed by atoms with Gasteiger partial charge in [-0.05, 0) is 50.4 Å². The van der Waals surface area contributed by atoms with Gasteiger partial charge in [0.15, 0.2) is 0 Å². The number of imidazole rings is 1. The van der Waals surface area contributed by atoms with E-state index in [1.54, 1.807) is 0 Å². The van der Waals surface area contributed by atoms with Crippen molar-refractivity contribution in [3.05, 3.63) is 24.0 Å². The topological polar surface area (TPSA) is 83.8 Å². The summed E-state index contributed by atoms with van der Waals surface area (Å²) in [6, 6.07) is 5.77. The first-order valence-corrected chi connectivity index (χ1v) is 7.64. The number of nitrogens with one attached hydrogen (secondary N) is 2. The van der Waals surface area contributed by atoms with Crippen molar-refractivity contribution >= 4 is 22.6 Å². The second-order valence-corrected chi connectivity index (χ2v) is 5.93. The monoisotopic (exact) mass is 286 g/mol. The Morgan fingerprint density at radius 3 is 3.05 bits per heavy atom. The van der Waals surface area contributed by atoms with Gasteiger partial charge in [-0.25, -0.2) is 4.98 Å². The minimum atomic E-state index is 0.0444. The number of anilines is 1. The number of aromatic nitrogens is 2. The summed E-state index contributed by atoms with van der Waals surface area (Å²) in [7, 11) is 0. The molecule has 0 bridgehead atoms. The first kappa shape index (κ1) is 14.1. The second kappa shape index (κ2) is 5.85. The molecule has 4 N–H and O–H groups in total. The van der Waals surface area contributed by atoms with Crippen molar-refractivity contribution in [2.24, 2.45) is 17.6 Å². The predicted octanol–water partition coefficient (Wildman–Crippen LogP) is 2.57. The van der Waals surface area contributed by atoms with Crippen molar-refractivity contribution in [1.29, 1.82) is 0 Å². The van der Waals surface area contributed by atoms with Gasteiger partial charge in [-0.3, -0.25) is 4.79 Å². The molecular weight excluding hydrogens is 264 g/mol. The maximum absolute atomic E-state index is 12.5. The third kappa shape index (κ3) is 2.93. The van der Waals surface area contributed by atoms with Crippen LogP contribution in [0.1, 0.15) is 31.5 Å². The highest BCUT2D eigenvalue weighted by Crippen LogP contribution is 2.30. The summed E-state index contributed by atoms with van der Waals surface area (Å²) in [5.74, 6) is 1.34. The van der Waals surface area contributed by atoms with Gasteiger partial charge in [0.1, 0.15) is 5.82 Å². The Hall–Kier alpha value is -1.88. The van der Waals surface area contributed by atoms with Gasteiger partial charge in [0.2, 0.25) is 5.91 Å². The average molecular weight is 286 g/mol. The van der Waals surface area contributed by atoms with Crippen LogP contribution in [0.25, 0.3) is 11.0 Å². The fourth-order valence-electron chi connectivity index (χ4n) is 3.28. The average Bonchev–Trinajstić information content (AvgIpc) is 2.86. The number of nitrogens with zero attached hydrogens (tertiary/aromatic N) is 1. The number of amides is 1. The number of aryl methyl sites for hydroxylation is 1. The lowest BCUT2D eigenvalue weighted by molar-refractivity contribution is -0.122. The number of H-pyrrole nitrogens is 1. The number of benzene rings is 1. The number of aromatic amines is 1. The van der Waals surface area contributed by atoms with Crippen molar-refractivity contribution in [2.75, 3.05) is 11.9 Å². The molecule has 1 heterocycles. The first-order chi connectivity index (χ1) is 10.2. The third-order valence-electron chi connectivity index (χ3n) is 4.42. The van der Waals surface area contributed by atoms with Crippen LogP contribution in [0.3, 0.4) is 0 Å². The van der Waals surface area contributed by atoms with Crippen LogP contribution in [0.5, 0.6) is 0 Å². The molecule has 0 spiro atoms. The highest BCUT2D eigenvalue weighted by molar-refractivity contribution is 5.94. The zero-order valence-electron chi connectivity index (χ0n) is 12.4. The van der Waals surface area contributed by atoms with Crippen molar-refractivity contribution in [3.8, 4) is 0 Å². The van der Waals surface area contributed by atoms with Crippen LogP contribution < -0.4 is 11.1 Å². The number of nitrogens with two attached hydrogens (primary N) is 1. The minimum absolute atomic E-state index is 0.0444. The highest BCUT2D eigenvalue weighted by Gasteiger charge is 2.29. The van der Waals surface area contributed by atoms with E-state index in [4.69, 9.17) is 5.73 Å². The number of carbonyl (C=O) groups excluding carboxylic acids is 1. The van der Waals surface area contributed by atoms with Crippen LogP contribution in [0.2, 0.25) is 0 Å². The van der Waals surface area contributed by atoms with Crippen LogP contribution in [0.15, 0.2) is 18.2 Å². The van der Waals surface area contributed by atoms with Crippen LogP contribution in [-0.2, 0) is 4.79 Å². The summed E-state index contributed by atoms with van der Waals surface area (Å²) in [5.41, 5.74) is 8.49. The lowest BCUT2D eigenvalue weighted by Gasteiger charge is -2.29. The van der Waals surface area contributed by atoms with E-state index in [0.717, 1.165) is 41.8 Å². The third-order valence-corrected chi connectivity index (χ3v) is 4.42. The Bertz CT molecular complexity index is 649. The van der Waals surface area contributed by atoms with Gasteiger partial charge in [0.05, 0.1) is 11.0 Å². The molecular formula is C16H22N4O.